The van der Waals surface area contributed by atoms with Gasteiger partial charge in [-0.25, -0.2) is 0 Å². The molecule has 1 N–H and O–H groups in total. The number of nitrogens with one attached hydrogen (secondary N) is 1. The molecule has 2 aliphatic heterocycles. The molecule has 0 spiro atoms. The zero-order valence-corrected chi connectivity index (χ0v) is 9.87. The van der Waals surface area contributed by atoms with Gasteiger partial charge in [-0.05, 0) is 38.6 Å². The van der Waals surface area contributed by atoms with Gasteiger partial charge in [-0.2, -0.15) is 0 Å². The van der Waals surface area contributed by atoms with Crippen LogP contribution in [0.3, 0.4) is 0 Å². The zero-order valence-electron chi connectivity index (χ0n) is 9.87. The van der Waals surface area contributed by atoms with Gasteiger partial charge in [0.2, 0.25) is 0 Å². The molecule has 2 unspecified atom stereocenters. The quantitative estimate of drug-likeness (QED) is 0.742. The molecular formula is C12H24N2O. The smallest absolute Gasteiger partial charge is 0.0593 e. The standard InChI is InChI=1S/C12H24N2O/c1-11-9-12(3-4-13-11)10-14-5-2-7-15-8-6-14/h11-13H,2-10H2,1H3. The molecule has 3 heteroatoms. The van der Waals surface area contributed by atoms with Crippen molar-refractivity contribution in [2.45, 2.75) is 32.2 Å². The summed E-state index contributed by atoms with van der Waals surface area (Å²) in [6.45, 7) is 9.06. The van der Waals surface area contributed by atoms with Crippen LogP contribution >= 0.6 is 0 Å². The molecule has 3 nitrogen and oxygen atoms in total. The average molecular weight is 212 g/mol. The maximum Gasteiger partial charge on any atom is 0.0593 e. The lowest BCUT2D eigenvalue weighted by molar-refractivity contribution is 0.134. The molecule has 0 saturated carbocycles. The Morgan fingerprint density at radius 3 is 3.13 bits per heavy atom. The normalized spacial score (nSPS) is 35.0. The van der Waals surface area contributed by atoms with Crippen LogP contribution in [0.1, 0.15) is 26.2 Å². The zero-order chi connectivity index (χ0) is 10.5. The van der Waals surface area contributed by atoms with Crippen molar-refractivity contribution in [1.29, 1.82) is 0 Å². The van der Waals surface area contributed by atoms with Crippen molar-refractivity contribution >= 4 is 0 Å². The monoisotopic (exact) mass is 212 g/mol. The lowest BCUT2D eigenvalue weighted by atomic mass is 9.93. The first kappa shape index (κ1) is 11.4. The third-order valence-corrected chi connectivity index (χ3v) is 3.56. The highest BCUT2D eigenvalue weighted by Crippen LogP contribution is 2.17. The van der Waals surface area contributed by atoms with Crippen LogP contribution in [-0.4, -0.2) is 50.3 Å². The first-order valence-corrected chi connectivity index (χ1v) is 6.38. The topological polar surface area (TPSA) is 24.5 Å². The van der Waals surface area contributed by atoms with Crippen molar-refractivity contribution in [1.82, 2.24) is 10.2 Å². The van der Waals surface area contributed by atoms with Gasteiger partial charge in [0, 0.05) is 32.3 Å². The van der Waals surface area contributed by atoms with Crippen molar-refractivity contribution in [2.24, 2.45) is 5.92 Å². The van der Waals surface area contributed by atoms with E-state index >= 15 is 0 Å². The third kappa shape index (κ3) is 3.74. The van der Waals surface area contributed by atoms with E-state index < -0.39 is 0 Å². The van der Waals surface area contributed by atoms with Crippen LogP contribution in [0.15, 0.2) is 0 Å². The molecule has 2 heterocycles. The summed E-state index contributed by atoms with van der Waals surface area (Å²) in [6, 6.07) is 0.715. The minimum Gasteiger partial charge on any atom is -0.380 e. The number of rotatable bonds is 2. The fourth-order valence-corrected chi connectivity index (χ4v) is 2.75. The Kier molecular flexibility index (Phi) is 4.42. The summed E-state index contributed by atoms with van der Waals surface area (Å²) in [6.07, 6.45) is 3.90. The van der Waals surface area contributed by atoms with E-state index in [1.165, 1.54) is 38.9 Å². The summed E-state index contributed by atoms with van der Waals surface area (Å²) >= 11 is 0. The van der Waals surface area contributed by atoms with Crippen LogP contribution in [0.25, 0.3) is 0 Å². The van der Waals surface area contributed by atoms with E-state index in [0.29, 0.717) is 6.04 Å². The lowest BCUT2D eigenvalue weighted by Gasteiger charge is -2.32. The maximum atomic E-state index is 5.48. The molecule has 0 aliphatic carbocycles. The van der Waals surface area contributed by atoms with Crippen molar-refractivity contribution < 1.29 is 4.74 Å². The second kappa shape index (κ2) is 5.83. The molecule has 0 amide bonds. The molecule has 2 saturated heterocycles. The fourth-order valence-electron chi connectivity index (χ4n) is 2.75. The summed E-state index contributed by atoms with van der Waals surface area (Å²) in [5.41, 5.74) is 0. The molecule has 2 atom stereocenters. The van der Waals surface area contributed by atoms with Gasteiger partial charge >= 0.3 is 0 Å². The van der Waals surface area contributed by atoms with Crippen LogP contribution in [0.4, 0.5) is 0 Å². The second-order valence-electron chi connectivity index (χ2n) is 5.01. The summed E-state index contributed by atoms with van der Waals surface area (Å²) in [5.74, 6) is 0.902. The van der Waals surface area contributed by atoms with Crippen LogP contribution < -0.4 is 5.32 Å². The van der Waals surface area contributed by atoms with E-state index in [-0.39, 0.29) is 0 Å². The van der Waals surface area contributed by atoms with Crippen molar-refractivity contribution in [3.63, 3.8) is 0 Å². The lowest BCUT2D eigenvalue weighted by Crippen LogP contribution is -2.41. The van der Waals surface area contributed by atoms with Crippen molar-refractivity contribution in [2.75, 3.05) is 39.4 Å². The van der Waals surface area contributed by atoms with Gasteiger partial charge in [0.25, 0.3) is 0 Å². The molecule has 0 aromatic carbocycles. The van der Waals surface area contributed by atoms with Crippen LogP contribution in [0.5, 0.6) is 0 Å². The van der Waals surface area contributed by atoms with E-state index in [9.17, 15) is 0 Å². The van der Waals surface area contributed by atoms with Gasteiger partial charge in [0.15, 0.2) is 0 Å². The van der Waals surface area contributed by atoms with E-state index in [1.54, 1.807) is 0 Å². The van der Waals surface area contributed by atoms with Gasteiger partial charge in [-0.3, -0.25) is 0 Å². The average Bonchev–Trinajstić information content (AvgIpc) is 2.46. The molecule has 0 aromatic heterocycles. The largest absolute Gasteiger partial charge is 0.380 e. The Hall–Kier alpha value is -0.120. The van der Waals surface area contributed by atoms with Crippen LogP contribution in [0, 0.1) is 5.92 Å². The highest BCUT2D eigenvalue weighted by atomic mass is 16.5. The molecule has 0 bridgehead atoms. The Balaban J connectivity index is 1.74. The van der Waals surface area contributed by atoms with Gasteiger partial charge in [-0.15, -0.1) is 0 Å². The minimum absolute atomic E-state index is 0.715. The van der Waals surface area contributed by atoms with Gasteiger partial charge < -0.3 is 15.0 Å². The summed E-state index contributed by atoms with van der Waals surface area (Å²) < 4.78 is 5.48. The molecule has 15 heavy (non-hydrogen) atoms. The number of hydrogen-bond donors (Lipinski definition) is 1. The molecule has 2 rings (SSSR count). The summed E-state index contributed by atoms with van der Waals surface area (Å²) in [7, 11) is 0. The number of hydrogen-bond acceptors (Lipinski definition) is 3. The predicted octanol–water partition coefficient (Wildman–Crippen LogP) is 1.10. The van der Waals surface area contributed by atoms with Gasteiger partial charge in [0.05, 0.1) is 6.61 Å². The molecule has 0 radical (unpaired) electrons. The number of piperidine rings is 1. The maximum absolute atomic E-state index is 5.48. The molecule has 0 aromatic rings. The number of nitrogens with zero attached hydrogens (tertiary/aromatic N) is 1. The summed E-state index contributed by atoms with van der Waals surface area (Å²) in [5, 5.41) is 3.52. The summed E-state index contributed by atoms with van der Waals surface area (Å²) in [4.78, 5) is 2.59. The highest BCUT2D eigenvalue weighted by molar-refractivity contribution is 4.78. The first-order chi connectivity index (χ1) is 7.34. The van der Waals surface area contributed by atoms with E-state index in [0.717, 1.165) is 25.7 Å². The van der Waals surface area contributed by atoms with Crippen molar-refractivity contribution in [3.8, 4) is 0 Å². The van der Waals surface area contributed by atoms with Gasteiger partial charge in [-0.1, -0.05) is 0 Å². The van der Waals surface area contributed by atoms with E-state index in [2.05, 4.69) is 17.1 Å². The minimum atomic E-state index is 0.715. The Labute approximate surface area is 93.2 Å². The van der Waals surface area contributed by atoms with E-state index in [1.807, 2.05) is 0 Å². The predicted molar refractivity (Wildman–Crippen MR) is 62.1 cm³/mol. The van der Waals surface area contributed by atoms with Gasteiger partial charge in [0.1, 0.15) is 0 Å². The SMILES string of the molecule is CC1CC(CN2CCCOCC2)CCN1. The number of ether oxygens (including phenoxy) is 1. The van der Waals surface area contributed by atoms with Crippen LogP contribution in [0.2, 0.25) is 0 Å². The van der Waals surface area contributed by atoms with E-state index in [4.69, 9.17) is 4.74 Å². The van der Waals surface area contributed by atoms with Crippen LogP contribution in [-0.2, 0) is 4.74 Å². The Bertz CT molecular complexity index is 178. The third-order valence-electron chi connectivity index (χ3n) is 3.56. The Morgan fingerprint density at radius 2 is 2.27 bits per heavy atom. The highest BCUT2D eigenvalue weighted by Gasteiger charge is 2.21. The molecular weight excluding hydrogens is 188 g/mol. The first-order valence-electron chi connectivity index (χ1n) is 6.38. The fraction of sp³-hybridized carbons (Fsp3) is 1.00. The van der Waals surface area contributed by atoms with Crippen molar-refractivity contribution in [3.05, 3.63) is 0 Å². The molecule has 88 valence electrons. The molecule has 2 aliphatic rings. The second-order valence-corrected chi connectivity index (χ2v) is 5.01. The Morgan fingerprint density at radius 1 is 1.33 bits per heavy atom. The molecule has 2 fully saturated rings.